The van der Waals surface area contributed by atoms with E-state index in [1.807, 2.05) is 22.8 Å². The highest BCUT2D eigenvalue weighted by atomic mass is 35.5. The number of rotatable bonds is 8. The molecule has 0 spiro atoms. The van der Waals surface area contributed by atoms with Crippen LogP contribution in [-0.4, -0.2) is 60.6 Å². The molecule has 2 unspecified atom stereocenters. The zero-order valence-corrected chi connectivity index (χ0v) is 20.5. The number of imidazole rings is 1. The van der Waals surface area contributed by atoms with Crippen LogP contribution in [0.5, 0.6) is 0 Å². The van der Waals surface area contributed by atoms with E-state index in [0.29, 0.717) is 34.4 Å². The lowest BCUT2D eigenvalue weighted by Gasteiger charge is -2.33. The summed E-state index contributed by atoms with van der Waals surface area (Å²) in [5.74, 6) is 1.90. The minimum absolute atomic E-state index is 0.101. The molecule has 7 rings (SSSR count). The van der Waals surface area contributed by atoms with Crippen molar-refractivity contribution >= 4 is 34.5 Å². The van der Waals surface area contributed by atoms with E-state index in [1.54, 1.807) is 18.5 Å². The van der Waals surface area contributed by atoms with E-state index in [9.17, 15) is 15.0 Å². The van der Waals surface area contributed by atoms with Gasteiger partial charge in [-0.25, -0.2) is 4.98 Å². The Bertz CT molecular complexity index is 1300. The number of hydrogen-bond donors (Lipinski definition) is 3. The zero-order chi connectivity index (χ0) is 24.6. The second-order valence-corrected chi connectivity index (χ2v) is 11.2. The van der Waals surface area contributed by atoms with Crippen LogP contribution in [0.1, 0.15) is 48.5 Å². The maximum absolute atomic E-state index is 12.9. The molecule has 9 nitrogen and oxygen atoms in total. The van der Waals surface area contributed by atoms with Crippen molar-refractivity contribution in [2.75, 3.05) is 11.6 Å². The van der Waals surface area contributed by atoms with Crippen LogP contribution in [-0.2, 0) is 0 Å². The number of nitrogens with zero attached hydrogens (tertiary/aromatic N) is 5. The molecule has 1 amide bonds. The summed E-state index contributed by atoms with van der Waals surface area (Å²) >= 11 is 6.48. The van der Waals surface area contributed by atoms with Gasteiger partial charge in [0.2, 0.25) is 5.28 Å². The van der Waals surface area contributed by atoms with Gasteiger partial charge in [-0.05, 0) is 79.5 Å². The number of nitrogens with one attached hydrogen (secondary N) is 1. The van der Waals surface area contributed by atoms with Gasteiger partial charge in [0.05, 0.1) is 25.1 Å². The molecular formula is C26H29ClN6O3. The minimum Gasteiger partial charge on any atom is -0.390 e. The van der Waals surface area contributed by atoms with Gasteiger partial charge in [0, 0.05) is 11.6 Å². The SMILES string of the molecule is O=C(NCN(c1nc(Cl)nc2c1ncn2[C@H]1C(O)C(O)[C@@H]2C[C@@H]21)C(C1CC1)C1CC1)c1ccccc1. The predicted octanol–water partition coefficient (Wildman–Crippen LogP) is 2.77. The Morgan fingerprint density at radius 1 is 1.08 bits per heavy atom. The van der Waals surface area contributed by atoms with E-state index < -0.39 is 12.2 Å². The Morgan fingerprint density at radius 3 is 2.44 bits per heavy atom. The molecule has 1 aromatic carbocycles. The Hall–Kier alpha value is -2.75. The molecule has 0 aliphatic heterocycles. The van der Waals surface area contributed by atoms with E-state index >= 15 is 0 Å². The Kier molecular flexibility index (Phi) is 5.23. The number of aliphatic hydroxyl groups is 2. The molecule has 2 heterocycles. The monoisotopic (exact) mass is 508 g/mol. The van der Waals surface area contributed by atoms with Crippen molar-refractivity contribution in [1.29, 1.82) is 0 Å². The van der Waals surface area contributed by atoms with Gasteiger partial charge in [-0.3, -0.25) is 4.79 Å². The third-order valence-corrected chi connectivity index (χ3v) is 8.62. The van der Waals surface area contributed by atoms with Crippen LogP contribution in [0.15, 0.2) is 36.7 Å². The number of aromatic nitrogens is 4. The fourth-order valence-electron chi connectivity index (χ4n) is 6.33. The Labute approximate surface area is 213 Å². The highest BCUT2D eigenvalue weighted by Crippen LogP contribution is 2.58. The van der Waals surface area contributed by atoms with E-state index in [-0.39, 0.29) is 41.8 Å². The molecule has 36 heavy (non-hydrogen) atoms. The van der Waals surface area contributed by atoms with Gasteiger partial charge in [-0.1, -0.05) is 18.2 Å². The number of benzene rings is 1. The summed E-state index contributed by atoms with van der Waals surface area (Å²) in [5.41, 5.74) is 1.76. The third-order valence-electron chi connectivity index (χ3n) is 8.45. The van der Waals surface area contributed by atoms with Crippen molar-refractivity contribution < 1.29 is 15.0 Å². The largest absolute Gasteiger partial charge is 0.390 e. The molecule has 3 N–H and O–H groups in total. The maximum Gasteiger partial charge on any atom is 0.252 e. The second-order valence-electron chi connectivity index (χ2n) is 10.8. The number of amides is 1. The minimum atomic E-state index is -0.865. The molecule has 4 saturated carbocycles. The Balaban J connectivity index is 1.27. The van der Waals surface area contributed by atoms with Crippen LogP contribution < -0.4 is 10.2 Å². The van der Waals surface area contributed by atoms with Crippen molar-refractivity contribution in [3.63, 3.8) is 0 Å². The average molecular weight is 509 g/mol. The Morgan fingerprint density at radius 2 is 1.81 bits per heavy atom. The van der Waals surface area contributed by atoms with Gasteiger partial charge < -0.3 is 25.0 Å². The number of fused-ring (bicyclic) bond motifs is 2. The van der Waals surface area contributed by atoms with Gasteiger partial charge in [0.1, 0.15) is 6.10 Å². The van der Waals surface area contributed by atoms with E-state index in [4.69, 9.17) is 16.6 Å². The topological polar surface area (TPSA) is 116 Å². The normalized spacial score (nSPS) is 28.9. The summed E-state index contributed by atoms with van der Waals surface area (Å²) in [6, 6.07) is 9.14. The molecular weight excluding hydrogens is 480 g/mol. The quantitative estimate of drug-likeness (QED) is 0.316. The van der Waals surface area contributed by atoms with Gasteiger partial charge >= 0.3 is 0 Å². The standard InChI is InChI=1S/C26H29ClN6O3/c27-26-30-23(18-24(31-26)33(11-28-18)20-16-10-17(16)21(34)22(20)35)32(19(13-6-7-13)14-8-9-14)12-29-25(36)15-4-2-1-3-5-15/h1-5,11,13-14,16-17,19-22,34-35H,6-10,12H2,(H,29,36)/t16-,17+,20+,21?,22?/m0/s1. The molecule has 4 aliphatic rings. The summed E-state index contributed by atoms with van der Waals surface area (Å²) < 4.78 is 1.86. The van der Waals surface area contributed by atoms with Crippen LogP contribution in [0.2, 0.25) is 5.28 Å². The number of anilines is 1. The summed E-state index contributed by atoms with van der Waals surface area (Å²) in [5, 5.41) is 24.3. The van der Waals surface area contributed by atoms with Gasteiger partial charge in [-0.2, -0.15) is 9.97 Å². The van der Waals surface area contributed by atoms with Crippen LogP contribution in [0, 0.1) is 23.7 Å². The highest BCUT2D eigenvalue weighted by molar-refractivity contribution is 6.28. The van der Waals surface area contributed by atoms with Gasteiger partial charge in [0.25, 0.3) is 5.91 Å². The first-order valence-electron chi connectivity index (χ1n) is 12.9. The number of aliphatic hydroxyl groups excluding tert-OH is 2. The first-order valence-corrected chi connectivity index (χ1v) is 13.2. The lowest BCUT2D eigenvalue weighted by Crippen LogP contribution is -2.46. The van der Waals surface area contributed by atoms with Crippen molar-refractivity contribution in [1.82, 2.24) is 24.8 Å². The van der Waals surface area contributed by atoms with Crippen LogP contribution in [0.3, 0.4) is 0 Å². The van der Waals surface area contributed by atoms with Crippen LogP contribution >= 0.6 is 11.6 Å². The molecule has 4 aliphatic carbocycles. The maximum atomic E-state index is 12.9. The summed E-state index contributed by atoms with van der Waals surface area (Å²) in [6.07, 6.45) is 5.63. The molecule has 3 aromatic rings. The highest BCUT2D eigenvalue weighted by Gasteiger charge is 2.60. The molecule has 4 fully saturated rings. The summed E-state index contributed by atoms with van der Waals surface area (Å²) in [7, 11) is 0. The van der Waals surface area contributed by atoms with E-state index in [2.05, 4.69) is 20.2 Å². The summed E-state index contributed by atoms with van der Waals surface area (Å²) in [6.45, 7) is 0.288. The van der Waals surface area contributed by atoms with Gasteiger partial charge in [-0.15, -0.1) is 0 Å². The van der Waals surface area contributed by atoms with E-state index in [1.165, 1.54) is 0 Å². The van der Waals surface area contributed by atoms with Crippen LogP contribution in [0.4, 0.5) is 5.82 Å². The van der Waals surface area contributed by atoms with Gasteiger partial charge in [0.15, 0.2) is 17.0 Å². The molecule has 0 bridgehead atoms. The molecule has 0 saturated heterocycles. The van der Waals surface area contributed by atoms with Crippen LogP contribution in [0.25, 0.3) is 11.2 Å². The number of hydrogen-bond acceptors (Lipinski definition) is 7. The lowest BCUT2D eigenvalue weighted by atomic mass is 10.1. The van der Waals surface area contributed by atoms with Crippen molar-refractivity contribution in [3.8, 4) is 0 Å². The second kappa shape index (κ2) is 8.39. The number of carbonyl (C=O) groups excluding carboxylic acids is 1. The summed E-state index contributed by atoms with van der Waals surface area (Å²) in [4.78, 5) is 28.9. The fourth-order valence-corrected chi connectivity index (χ4v) is 6.49. The average Bonchev–Trinajstić information content (AvgIpc) is 3.77. The first kappa shape index (κ1) is 22.4. The molecule has 5 atom stereocenters. The smallest absolute Gasteiger partial charge is 0.252 e. The van der Waals surface area contributed by atoms with E-state index in [0.717, 1.165) is 32.1 Å². The molecule has 10 heteroatoms. The predicted molar refractivity (Wildman–Crippen MR) is 133 cm³/mol. The number of carbonyl (C=O) groups is 1. The lowest BCUT2D eigenvalue weighted by molar-refractivity contribution is 0.00386. The fraction of sp³-hybridized carbons (Fsp3) is 0.538. The third kappa shape index (κ3) is 3.76. The zero-order valence-electron chi connectivity index (χ0n) is 19.7. The molecule has 2 aromatic heterocycles. The molecule has 0 radical (unpaired) electrons. The van der Waals surface area contributed by atoms with Crippen molar-refractivity contribution in [2.45, 2.75) is 56.4 Å². The molecule has 188 valence electrons. The first-order chi connectivity index (χ1) is 17.5. The van der Waals surface area contributed by atoms with Crippen molar-refractivity contribution in [2.24, 2.45) is 23.7 Å². The number of halogens is 1. The van der Waals surface area contributed by atoms with Crippen molar-refractivity contribution in [3.05, 3.63) is 47.5 Å².